The van der Waals surface area contributed by atoms with Crippen LogP contribution in [-0.2, 0) is 6.54 Å². The fraction of sp³-hybridized carbons (Fsp3) is 0.226. The molecule has 182 valence electrons. The highest BCUT2D eigenvalue weighted by Gasteiger charge is 2.29. The predicted molar refractivity (Wildman–Crippen MR) is 143 cm³/mol. The third kappa shape index (κ3) is 5.16. The Morgan fingerprint density at radius 2 is 1.42 bits per heavy atom. The number of amides is 1. The third-order valence-electron chi connectivity index (χ3n) is 6.88. The summed E-state index contributed by atoms with van der Waals surface area (Å²) in [7, 11) is 0. The Labute approximate surface area is 212 Å². The number of carbonyl (C=O) groups excluding carboxylic acids is 1. The van der Waals surface area contributed by atoms with Crippen LogP contribution in [-0.4, -0.2) is 46.5 Å². The molecule has 0 spiro atoms. The summed E-state index contributed by atoms with van der Waals surface area (Å²) in [6, 6.07) is 32.7. The molecule has 5 heteroatoms. The first-order valence-corrected chi connectivity index (χ1v) is 12.5. The highest BCUT2D eigenvalue weighted by Crippen LogP contribution is 2.29. The van der Waals surface area contributed by atoms with Crippen molar-refractivity contribution in [2.75, 3.05) is 26.2 Å². The van der Waals surface area contributed by atoms with Crippen LogP contribution < -0.4 is 5.56 Å². The monoisotopic (exact) mass is 477 g/mol. The average Bonchev–Trinajstić information content (AvgIpc) is 2.91. The normalized spacial score (nSPS) is 14.2. The molecule has 1 aliphatic rings. The van der Waals surface area contributed by atoms with Crippen LogP contribution in [0, 0.1) is 6.92 Å². The summed E-state index contributed by atoms with van der Waals surface area (Å²) >= 11 is 0. The third-order valence-corrected chi connectivity index (χ3v) is 6.88. The second-order valence-corrected chi connectivity index (χ2v) is 9.40. The lowest BCUT2D eigenvalue weighted by molar-refractivity contribution is 0.0595. The second-order valence-electron chi connectivity index (χ2n) is 9.40. The van der Waals surface area contributed by atoms with Crippen molar-refractivity contribution in [2.45, 2.75) is 19.5 Å². The molecule has 4 aromatic rings. The summed E-state index contributed by atoms with van der Waals surface area (Å²) in [5.74, 6) is -0.186. The van der Waals surface area contributed by atoms with E-state index in [1.165, 1.54) is 11.1 Å². The number of nitrogens with zero attached hydrogens (tertiary/aromatic N) is 3. The van der Waals surface area contributed by atoms with Gasteiger partial charge in [-0.2, -0.15) is 0 Å². The molecular formula is C31H31N3O2. The number of benzene rings is 3. The number of rotatable bonds is 6. The minimum absolute atomic E-state index is 0.132. The van der Waals surface area contributed by atoms with Gasteiger partial charge >= 0.3 is 0 Å². The molecule has 5 nitrogen and oxygen atoms in total. The molecule has 0 atom stereocenters. The zero-order valence-corrected chi connectivity index (χ0v) is 20.6. The van der Waals surface area contributed by atoms with Crippen LogP contribution in [0.25, 0.3) is 0 Å². The van der Waals surface area contributed by atoms with Crippen molar-refractivity contribution in [1.82, 2.24) is 14.4 Å². The molecule has 0 bridgehead atoms. The van der Waals surface area contributed by atoms with Gasteiger partial charge in [-0.05, 0) is 35.7 Å². The molecule has 1 aromatic heterocycles. The number of carbonyl (C=O) groups is 1. The van der Waals surface area contributed by atoms with Crippen molar-refractivity contribution in [3.8, 4) is 0 Å². The molecular weight excluding hydrogens is 446 g/mol. The summed E-state index contributed by atoms with van der Waals surface area (Å²) in [6.45, 7) is 5.13. The smallest absolute Gasteiger partial charge is 0.263 e. The summed E-state index contributed by atoms with van der Waals surface area (Å²) in [5.41, 5.74) is 4.67. The van der Waals surface area contributed by atoms with E-state index in [0.29, 0.717) is 19.6 Å². The van der Waals surface area contributed by atoms with Crippen LogP contribution in [0.1, 0.15) is 38.7 Å². The van der Waals surface area contributed by atoms with Gasteiger partial charge in [-0.3, -0.25) is 14.5 Å². The number of aryl methyl sites for hydroxylation is 1. The van der Waals surface area contributed by atoms with Gasteiger partial charge in [0.15, 0.2) is 0 Å². The molecule has 0 N–H and O–H groups in total. The van der Waals surface area contributed by atoms with Gasteiger partial charge in [0.2, 0.25) is 0 Å². The maximum atomic E-state index is 13.4. The lowest BCUT2D eigenvalue weighted by Gasteiger charge is -2.39. The van der Waals surface area contributed by atoms with Crippen LogP contribution in [0.3, 0.4) is 0 Å². The van der Waals surface area contributed by atoms with E-state index in [9.17, 15) is 9.59 Å². The molecule has 1 amide bonds. The zero-order chi connectivity index (χ0) is 24.9. The Morgan fingerprint density at radius 1 is 0.778 bits per heavy atom. The Balaban J connectivity index is 1.32. The fourth-order valence-electron chi connectivity index (χ4n) is 5.07. The predicted octanol–water partition coefficient (Wildman–Crippen LogP) is 4.75. The summed E-state index contributed by atoms with van der Waals surface area (Å²) in [4.78, 5) is 30.8. The molecule has 0 aliphatic carbocycles. The second kappa shape index (κ2) is 10.8. The van der Waals surface area contributed by atoms with Gasteiger partial charge in [0.25, 0.3) is 11.5 Å². The van der Waals surface area contributed by atoms with Crippen molar-refractivity contribution in [2.24, 2.45) is 0 Å². The number of pyridine rings is 1. The van der Waals surface area contributed by atoms with Gasteiger partial charge in [0.1, 0.15) is 5.56 Å². The molecule has 2 heterocycles. The van der Waals surface area contributed by atoms with Crippen LogP contribution in [0.4, 0.5) is 0 Å². The van der Waals surface area contributed by atoms with Crippen molar-refractivity contribution in [3.05, 3.63) is 141 Å². The van der Waals surface area contributed by atoms with Gasteiger partial charge in [-0.1, -0.05) is 90.5 Å². The molecule has 3 aromatic carbocycles. The van der Waals surface area contributed by atoms with E-state index in [1.54, 1.807) is 22.9 Å². The van der Waals surface area contributed by atoms with Gasteiger partial charge in [-0.15, -0.1) is 0 Å². The minimum Gasteiger partial charge on any atom is -0.336 e. The molecule has 1 aliphatic heterocycles. The SMILES string of the molecule is Cc1cccc(Cn2cccc(C(=O)N3CCN(C(c4ccccc4)c4ccccc4)CC3)c2=O)c1. The zero-order valence-electron chi connectivity index (χ0n) is 20.6. The van der Waals surface area contributed by atoms with Gasteiger partial charge in [0, 0.05) is 32.4 Å². The number of hydrogen-bond acceptors (Lipinski definition) is 3. The standard InChI is InChI=1S/C31H31N3O2/c1-24-10-8-11-25(22-24)23-34-17-9-16-28(31(34)36)30(35)33-20-18-32(19-21-33)29(26-12-4-2-5-13-26)27-14-6-3-7-15-27/h2-17,22,29H,18-21,23H2,1H3. The molecule has 0 saturated carbocycles. The van der Waals surface area contributed by atoms with Gasteiger partial charge in [0.05, 0.1) is 12.6 Å². The molecule has 0 radical (unpaired) electrons. The first-order valence-electron chi connectivity index (χ1n) is 12.5. The first-order chi connectivity index (χ1) is 17.6. The largest absolute Gasteiger partial charge is 0.336 e. The molecule has 36 heavy (non-hydrogen) atoms. The lowest BCUT2D eigenvalue weighted by Crippen LogP contribution is -2.50. The minimum atomic E-state index is -0.238. The molecule has 5 rings (SSSR count). The van der Waals surface area contributed by atoms with E-state index >= 15 is 0 Å². The average molecular weight is 478 g/mol. The van der Waals surface area contributed by atoms with E-state index in [-0.39, 0.29) is 23.1 Å². The molecule has 0 unspecified atom stereocenters. The van der Waals surface area contributed by atoms with Gasteiger partial charge < -0.3 is 9.47 Å². The maximum absolute atomic E-state index is 13.4. The van der Waals surface area contributed by atoms with E-state index < -0.39 is 0 Å². The van der Waals surface area contributed by atoms with E-state index in [4.69, 9.17) is 0 Å². The van der Waals surface area contributed by atoms with E-state index in [1.807, 2.05) is 42.2 Å². The number of hydrogen-bond donors (Lipinski definition) is 0. The van der Waals surface area contributed by atoms with Crippen molar-refractivity contribution < 1.29 is 4.79 Å². The van der Waals surface area contributed by atoms with E-state index in [0.717, 1.165) is 24.2 Å². The first kappa shape index (κ1) is 23.8. The highest BCUT2D eigenvalue weighted by atomic mass is 16.2. The van der Waals surface area contributed by atoms with E-state index in [2.05, 4.69) is 59.5 Å². The summed E-state index contributed by atoms with van der Waals surface area (Å²) < 4.78 is 1.62. The maximum Gasteiger partial charge on any atom is 0.263 e. The van der Waals surface area contributed by atoms with Crippen LogP contribution in [0.2, 0.25) is 0 Å². The summed E-state index contributed by atoms with van der Waals surface area (Å²) in [5, 5.41) is 0. The Morgan fingerprint density at radius 3 is 2.03 bits per heavy atom. The van der Waals surface area contributed by atoms with Crippen molar-refractivity contribution in [1.29, 1.82) is 0 Å². The number of aromatic nitrogens is 1. The van der Waals surface area contributed by atoms with Crippen LogP contribution >= 0.6 is 0 Å². The molecule has 1 fully saturated rings. The fourth-order valence-corrected chi connectivity index (χ4v) is 5.07. The molecule has 1 saturated heterocycles. The van der Waals surface area contributed by atoms with Crippen molar-refractivity contribution in [3.63, 3.8) is 0 Å². The highest BCUT2D eigenvalue weighted by molar-refractivity contribution is 5.93. The van der Waals surface area contributed by atoms with Crippen molar-refractivity contribution >= 4 is 5.91 Å². The van der Waals surface area contributed by atoms with Crippen LogP contribution in [0.5, 0.6) is 0 Å². The van der Waals surface area contributed by atoms with Crippen LogP contribution in [0.15, 0.2) is 108 Å². The Hall–Kier alpha value is -3.96. The lowest BCUT2D eigenvalue weighted by atomic mass is 9.96. The number of piperazine rings is 1. The van der Waals surface area contributed by atoms with Gasteiger partial charge in [-0.25, -0.2) is 0 Å². The quantitative estimate of drug-likeness (QED) is 0.403. The Kier molecular flexibility index (Phi) is 7.10. The Bertz CT molecular complexity index is 1330. The topological polar surface area (TPSA) is 45.6 Å². The summed E-state index contributed by atoms with van der Waals surface area (Å²) in [6.07, 6.45) is 1.75.